The fourth-order valence-corrected chi connectivity index (χ4v) is 3.81. The van der Waals surface area contributed by atoms with Crippen LogP contribution in [0.5, 0.6) is 0 Å². The van der Waals surface area contributed by atoms with E-state index in [1.165, 1.54) is 13.2 Å². The molecule has 7 nitrogen and oxygen atoms in total. The number of benzene rings is 2. The molecule has 3 heterocycles. The summed E-state index contributed by atoms with van der Waals surface area (Å²) in [7, 11) is 1.34. The Hall–Kier alpha value is -4.78. The molecule has 0 spiro atoms. The third-order valence-corrected chi connectivity index (χ3v) is 5.53. The van der Waals surface area contributed by atoms with Gasteiger partial charge in [0, 0.05) is 42.3 Å². The number of hydrogen-bond acceptors (Lipinski definition) is 6. The first-order valence-electron chi connectivity index (χ1n) is 11.2. The zero-order chi connectivity index (χ0) is 24.0. The number of carbonyl (C=O) groups is 1. The Kier molecular flexibility index (Phi) is 6.30. The van der Waals surface area contributed by atoms with Crippen LogP contribution in [0, 0.1) is 0 Å². The van der Waals surface area contributed by atoms with Crippen LogP contribution in [0.2, 0.25) is 0 Å². The summed E-state index contributed by atoms with van der Waals surface area (Å²) in [6.45, 7) is 0.618. The first-order chi connectivity index (χ1) is 17.2. The van der Waals surface area contributed by atoms with E-state index < -0.39 is 5.97 Å². The maximum atomic E-state index is 11.5. The van der Waals surface area contributed by atoms with Crippen molar-refractivity contribution in [3.63, 3.8) is 0 Å². The van der Waals surface area contributed by atoms with Crippen LogP contribution in [-0.4, -0.2) is 32.7 Å². The van der Waals surface area contributed by atoms with E-state index in [9.17, 15) is 4.79 Å². The van der Waals surface area contributed by atoms with Gasteiger partial charge < -0.3 is 10.1 Å². The Labute approximate surface area is 202 Å². The van der Waals surface area contributed by atoms with E-state index in [4.69, 9.17) is 10.1 Å². The second kappa shape index (κ2) is 10.0. The molecule has 5 aromatic rings. The first-order valence-corrected chi connectivity index (χ1v) is 11.2. The molecule has 0 aliphatic heterocycles. The van der Waals surface area contributed by atoms with Gasteiger partial charge >= 0.3 is 5.97 Å². The minimum absolute atomic E-state index is 0.429. The third kappa shape index (κ3) is 4.94. The molecule has 2 aromatic carbocycles. The van der Waals surface area contributed by atoms with Gasteiger partial charge in [-0.1, -0.05) is 60.7 Å². The first kappa shape index (κ1) is 22.0. The number of anilines is 1. The standard InChI is InChI=1S/C28H23N5O2/c1-35-25(34)13-12-21-16-23(19-29-17-21)27-31-28(30-18-20-8-4-2-5-9-20)26-24(14-15-33(26)32-27)22-10-6-3-7-11-22/h2-17,19H,18H2,1H3,(H,30,31,32)/b13-12+. The molecule has 0 aliphatic rings. The summed E-state index contributed by atoms with van der Waals surface area (Å²) in [5, 5.41) is 8.27. The fourth-order valence-electron chi connectivity index (χ4n) is 3.81. The predicted molar refractivity (Wildman–Crippen MR) is 136 cm³/mol. The average molecular weight is 462 g/mol. The van der Waals surface area contributed by atoms with Gasteiger partial charge in [0.15, 0.2) is 11.6 Å². The number of methoxy groups -OCH3 is 1. The molecule has 0 fully saturated rings. The summed E-state index contributed by atoms with van der Waals surface area (Å²) in [4.78, 5) is 20.7. The summed E-state index contributed by atoms with van der Waals surface area (Å²) in [6, 6.07) is 24.3. The largest absolute Gasteiger partial charge is 0.466 e. The van der Waals surface area contributed by atoms with Crippen molar-refractivity contribution in [2.75, 3.05) is 12.4 Å². The van der Waals surface area contributed by atoms with E-state index in [0.717, 1.165) is 39.2 Å². The summed E-state index contributed by atoms with van der Waals surface area (Å²) in [5.41, 5.74) is 5.65. The van der Waals surface area contributed by atoms with Crippen molar-refractivity contribution in [2.45, 2.75) is 6.54 Å². The van der Waals surface area contributed by atoms with E-state index in [1.807, 2.05) is 59.2 Å². The second-order valence-corrected chi connectivity index (χ2v) is 7.88. The van der Waals surface area contributed by atoms with Crippen LogP contribution < -0.4 is 5.32 Å². The van der Waals surface area contributed by atoms with Crippen molar-refractivity contribution < 1.29 is 9.53 Å². The summed E-state index contributed by atoms with van der Waals surface area (Å²) >= 11 is 0. The lowest BCUT2D eigenvalue weighted by atomic mass is 10.1. The monoisotopic (exact) mass is 461 g/mol. The van der Waals surface area contributed by atoms with Gasteiger partial charge in [-0.2, -0.15) is 0 Å². The van der Waals surface area contributed by atoms with Gasteiger partial charge in [0.25, 0.3) is 0 Å². The van der Waals surface area contributed by atoms with Crippen molar-refractivity contribution >= 4 is 23.4 Å². The van der Waals surface area contributed by atoms with Crippen LogP contribution in [0.4, 0.5) is 5.82 Å². The van der Waals surface area contributed by atoms with Crippen molar-refractivity contribution in [3.05, 3.63) is 109 Å². The lowest BCUT2D eigenvalue weighted by Gasteiger charge is -2.12. The molecule has 0 saturated carbocycles. The maximum absolute atomic E-state index is 11.5. The molecule has 0 aliphatic carbocycles. The molecule has 172 valence electrons. The molecule has 1 N–H and O–H groups in total. The SMILES string of the molecule is COC(=O)/C=C/c1cncc(-c2nc(NCc3ccccc3)c3c(-c4ccccc4)ccn3n2)c1. The molecule has 5 rings (SSSR count). The summed E-state index contributed by atoms with van der Waals surface area (Å²) in [6.07, 6.45) is 8.32. The molecule has 0 saturated heterocycles. The average Bonchev–Trinajstić information content (AvgIpc) is 3.36. The van der Waals surface area contributed by atoms with Gasteiger partial charge in [-0.3, -0.25) is 4.98 Å². The van der Waals surface area contributed by atoms with Crippen LogP contribution in [0.15, 0.2) is 97.5 Å². The smallest absolute Gasteiger partial charge is 0.330 e. The highest BCUT2D eigenvalue weighted by atomic mass is 16.5. The van der Waals surface area contributed by atoms with Gasteiger partial charge in [-0.05, 0) is 34.9 Å². The van der Waals surface area contributed by atoms with Crippen LogP contribution in [-0.2, 0) is 16.1 Å². The lowest BCUT2D eigenvalue weighted by molar-refractivity contribution is -0.134. The van der Waals surface area contributed by atoms with Crippen molar-refractivity contribution in [3.8, 4) is 22.5 Å². The van der Waals surface area contributed by atoms with Gasteiger partial charge in [0.2, 0.25) is 0 Å². The summed E-state index contributed by atoms with van der Waals surface area (Å²) < 4.78 is 6.51. The number of aromatic nitrogens is 4. The van der Waals surface area contributed by atoms with E-state index in [2.05, 4.69) is 39.3 Å². The quantitative estimate of drug-likeness (QED) is 0.263. The van der Waals surface area contributed by atoms with Crippen molar-refractivity contribution in [1.82, 2.24) is 19.6 Å². The van der Waals surface area contributed by atoms with Crippen LogP contribution in [0.1, 0.15) is 11.1 Å². The Bertz CT molecular complexity index is 1490. The molecule has 7 heteroatoms. The van der Waals surface area contributed by atoms with Gasteiger partial charge in [0.05, 0.1) is 7.11 Å². The second-order valence-electron chi connectivity index (χ2n) is 7.88. The topological polar surface area (TPSA) is 81.4 Å². The lowest BCUT2D eigenvalue weighted by Crippen LogP contribution is -2.07. The Balaban J connectivity index is 1.58. The number of hydrogen-bond donors (Lipinski definition) is 1. The van der Waals surface area contributed by atoms with E-state index in [1.54, 1.807) is 18.5 Å². The molecule has 0 unspecified atom stereocenters. The fraction of sp³-hybridized carbons (Fsp3) is 0.0714. The Morgan fingerprint density at radius 1 is 1.00 bits per heavy atom. The molecule has 35 heavy (non-hydrogen) atoms. The van der Waals surface area contributed by atoms with Gasteiger partial charge in [0.1, 0.15) is 5.52 Å². The molecule has 0 radical (unpaired) electrons. The predicted octanol–water partition coefficient (Wildman–Crippen LogP) is 5.26. The minimum atomic E-state index is -0.429. The highest BCUT2D eigenvalue weighted by Crippen LogP contribution is 2.31. The maximum Gasteiger partial charge on any atom is 0.330 e. The van der Waals surface area contributed by atoms with Crippen LogP contribution in [0.3, 0.4) is 0 Å². The summed E-state index contributed by atoms with van der Waals surface area (Å²) in [5.74, 6) is 0.809. The zero-order valence-electron chi connectivity index (χ0n) is 19.1. The molecule has 3 aromatic heterocycles. The number of rotatable bonds is 7. The molecule has 0 atom stereocenters. The Morgan fingerprint density at radius 2 is 1.77 bits per heavy atom. The van der Waals surface area contributed by atoms with Gasteiger partial charge in [-0.15, -0.1) is 5.10 Å². The van der Waals surface area contributed by atoms with Crippen LogP contribution >= 0.6 is 0 Å². The molecular weight excluding hydrogens is 438 g/mol. The molecule has 0 bridgehead atoms. The number of nitrogens with zero attached hydrogens (tertiary/aromatic N) is 4. The number of ether oxygens (including phenoxy) is 1. The van der Waals surface area contributed by atoms with E-state index in [0.29, 0.717) is 12.4 Å². The van der Waals surface area contributed by atoms with Crippen molar-refractivity contribution in [2.24, 2.45) is 0 Å². The highest BCUT2D eigenvalue weighted by molar-refractivity contribution is 5.89. The molecular formula is C28H23N5O2. The number of pyridine rings is 1. The van der Waals surface area contributed by atoms with E-state index >= 15 is 0 Å². The zero-order valence-corrected chi connectivity index (χ0v) is 19.1. The normalized spacial score (nSPS) is 11.1. The van der Waals surface area contributed by atoms with Crippen molar-refractivity contribution in [1.29, 1.82) is 0 Å². The number of nitrogens with one attached hydrogen (secondary N) is 1. The number of fused-ring (bicyclic) bond motifs is 1. The van der Waals surface area contributed by atoms with Crippen LogP contribution in [0.25, 0.3) is 34.1 Å². The Morgan fingerprint density at radius 3 is 2.54 bits per heavy atom. The minimum Gasteiger partial charge on any atom is -0.466 e. The van der Waals surface area contributed by atoms with E-state index in [-0.39, 0.29) is 0 Å². The number of carbonyl (C=O) groups excluding carboxylic acids is 1. The molecule has 0 amide bonds. The number of esters is 1. The van der Waals surface area contributed by atoms with Gasteiger partial charge in [-0.25, -0.2) is 14.3 Å². The third-order valence-electron chi connectivity index (χ3n) is 5.53. The highest BCUT2D eigenvalue weighted by Gasteiger charge is 2.15.